The molecule has 1 aromatic rings. The number of rotatable bonds is 6. The maximum Gasteiger partial charge on any atom is 0.338 e. The average Bonchev–Trinajstić information content (AvgIpc) is 2.48. The van der Waals surface area contributed by atoms with E-state index in [9.17, 15) is 24.9 Å². The number of benzene rings is 1. The third-order valence-electron chi connectivity index (χ3n) is 2.64. The van der Waals surface area contributed by atoms with E-state index in [2.05, 4.69) is 11.9 Å². The van der Waals surface area contributed by atoms with Crippen molar-refractivity contribution in [3.8, 4) is 17.2 Å². The van der Waals surface area contributed by atoms with Gasteiger partial charge in [-0.15, -0.1) is 0 Å². The van der Waals surface area contributed by atoms with Crippen LogP contribution in [-0.4, -0.2) is 33.8 Å². The van der Waals surface area contributed by atoms with Gasteiger partial charge in [0.2, 0.25) is 11.7 Å². The Morgan fingerprint density at radius 1 is 1.33 bits per heavy atom. The van der Waals surface area contributed by atoms with Crippen molar-refractivity contribution in [2.75, 3.05) is 6.61 Å². The molecule has 0 aliphatic rings. The second-order valence-corrected chi connectivity index (χ2v) is 4.18. The zero-order valence-electron chi connectivity index (χ0n) is 11.5. The van der Waals surface area contributed by atoms with Crippen LogP contribution in [0.2, 0.25) is 0 Å². The maximum absolute atomic E-state index is 11.9. The SMILES string of the molecule is C=CC(=O)NCc1c(C(=O)OCCC)cc(O)c(O)c1O. The Labute approximate surface area is 121 Å². The fraction of sp³-hybridized carbons (Fsp3) is 0.286. The summed E-state index contributed by atoms with van der Waals surface area (Å²) in [6.45, 7) is 5.01. The number of amides is 1. The van der Waals surface area contributed by atoms with Gasteiger partial charge in [-0.2, -0.15) is 0 Å². The molecule has 0 aliphatic heterocycles. The molecular formula is C14H17NO6. The van der Waals surface area contributed by atoms with Crippen LogP contribution in [0.5, 0.6) is 17.2 Å². The number of phenolic OH excluding ortho intramolecular Hbond substituents is 3. The fourth-order valence-electron chi connectivity index (χ4n) is 1.57. The molecule has 7 heteroatoms. The van der Waals surface area contributed by atoms with Gasteiger partial charge in [0, 0.05) is 12.1 Å². The summed E-state index contributed by atoms with van der Waals surface area (Å²) >= 11 is 0. The van der Waals surface area contributed by atoms with Crippen molar-refractivity contribution in [3.05, 3.63) is 29.8 Å². The molecule has 0 unspecified atom stereocenters. The number of carbonyl (C=O) groups is 2. The summed E-state index contributed by atoms with van der Waals surface area (Å²) in [5.74, 6) is -3.41. The molecule has 0 bridgehead atoms. The lowest BCUT2D eigenvalue weighted by atomic mass is 10.0. The van der Waals surface area contributed by atoms with E-state index < -0.39 is 29.1 Å². The van der Waals surface area contributed by atoms with Crippen molar-refractivity contribution < 1.29 is 29.6 Å². The number of hydrogen-bond acceptors (Lipinski definition) is 6. The van der Waals surface area contributed by atoms with Crippen LogP contribution in [0.15, 0.2) is 18.7 Å². The van der Waals surface area contributed by atoms with E-state index in [0.717, 1.165) is 12.1 Å². The van der Waals surface area contributed by atoms with Crippen LogP contribution < -0.4 is 5.32 Å². The van der Waals surface area contributed by atoms with Crippen molar-refractivity contribution in [1.82, 2.24) is 5.32 Å². The average molecular weight is 295 g/mol. The van der Waals surface area contributed by atoms with E-state index in [0.29, 0.717) is 6.42 Å². The minimum atomic E-state index is -0.773. The van der Waals surface area contributed by atoms with Gasteiger partial charge >= 0.3 is 5.97 Å². The number of carbonyl (C=O) groups excluding carboxylic acids is 2. The van der Waals surface area contributed by atoms with E-state index in [4.69, 9.17) is 4.74 Å². The zero-order chi connectivity index (χ0) is 16.0. The minimum Gasteiger partial charge on any atom is -0.504 e. The first kappa shape index (κ1) is 16.4. The van der Waals surface area contributed by atoms with Crippen LogP contribution in [0.4, 0.5) is 0 Å². The molecule has 1 aromatic carbocycles. The summed E-state index contributed by atoms with van der Waals surface area (Å²) in [5, 5.41) is 31.2. The smallest absolute Gasteiger partial charge is 0.338 e. The molecule has 114 valence electrons. The molecule has 4 N–H and O–H groups in total. The molecule has 7 nitrogen and oxygen atoms in total. The monoisotopic (exact) mass is 295 g/mol. The molecule has 0 saturated heterocycles. The first-order valence-corrected chi connectivity index (χ1v) is 6.26. The molecular weight excluding hydrogens is 278 g/mol. The molecule has 0 spiro atoms. The second kappa shape index (κ2) is 7.18. The van der Waals surface area contributed by atoms with Crippen molar-refractivity contribution in [2.45, 2.75) is 19.9 Å². The van der Waals surface area contributed by atoms with E-state index in [-0.39, 0.29) is 24.3 Å². The summed E-state index contributed by atoms with van der Waals surface area (Å²) in [5.41, 5.74) is -0.192. The van der Waals surface area contributed by atoms with Gasteiger partial charge in [0.05, 0.1) is 12.2 Å². The molecule has 0 radical (unpaired) electrons. The summed E-state index contributed by atoms with van der Waals surface area (Å²) < 4.78 is 4.93. The van der Waals surface area contributed by atoms with Crippen molar-refractivity contribution >= 4 is 11.9 Å². The first-order chi connectivity index (χ1) is 9.92. The highest BCUT2D eigenvalue weighted by atomic mass is 16.5. The fourth-order valence-corrected chi connectivity index (χ4v) is 1.57. The number of nitrogens with one attached hydrogen (secondary N) is 1. The van der Waals surface area contributed by atoms with Crippen LogP contribution in [0.1, 0.15) is 29.3 Å². The van der Waals surface area contributed by atoms with Gasteiger partial charge < -0.3 is 25.4 Å². The molecule has 0 aliphatic carbocycles. The number of ether oxygens (including phenoxy) is 1. The topological polar surface area (TPSA) is 116 Å². The largest absolute Gasteiger partial charge is 0.504 e. The van der Waals surface area contributed by atoms with Crippen LogP contribution in [-0.2, 0) is 16.1 Å². The lowest BCUT2D eigenvalue weighted by Gasteiger charge is -2.13. The quantitative estimate of drug-likeness (QED) is 0.356. The lowest BCUT2D eigenvalue weighted by Crippen LogP contribution is -2.22. The predicted molar refractivity (Wildman–Crippen MR) is 74.1 cm³/mol. The van der Waals surface area contributed by atoms with E-state index in [1.165, 1.54) is 0 Å². The van der Waals surface area contributed by atoms with Gasteiger partial charge in [0.25, 0.3) is 0 Å². The Hall–Kier alpha value is -2.70. The highest BCUT2D eigenvalue weighted by Crippen LogP contribution is 2.39. The van der Waals surface area contributed by atoms with Gasteiger partial charge in [0.15, 0.2) is 11.5 Å². The van der Waals surface area contributed by atoms with Crippen molar-refractivity contribution in [1.29, 1.82) is 0 Å². The minimum absolute atomic E-state index is 0.0541. The van der Waals surface area contributed by atoms with Crippen molar-refractivity contribution in [2.24, 2.45) is 0 Å². The predicted octanol–water partition coefficient (Wildman–Crippen LogP) is 1.17. The van der Waals surface area contributed by atoms with Crippen LogP contribution in [0.25, 0.3) is 0 Å². The number of phenols is 3. The lowest BCUT2D eigenvalue weighted by molar-refractivity contribution is -0.116. The van der Waals surface area contributed by atoms with Gasteiger partial charge in [0.1, 0.15) is 0 Å². The Kier molecular flexibility index (Phi) is 5.59. The Balaban J connectivity index is 3.17. The van der Waals surface area contributed by atoms with Gasteiger partial charge in [-0.3, -0.25) is 4.79 Å². The number of aromatic hydroxyl groups is 3. The van der Waals surface area contributed by atoms with E-state index in [1.54, 1.807) is 0 Å². The molecule has 1 rings (SSSR count). The molecule has 0 heterocycles. The molecule has 0 saturated carbocycles. The maximum atomic E-state index is 11.9. The van der Waals surface area contributed by atoms with Crippen LogP contribution >= 0.6 is 0 Å². The zero-order valence-corrected chi connectivity index (χ0v) is 11.5. The van der Waals surface area contributed by atoms with E-state index in [1.807, 2.05) is 6.92 Å². The highest BCUT2D eigenvalue weighted by molar-refractivity contribution is 5.94. The summed E-state index contributed by atoms with van der Waals surface area (Å²) in [7, 11) is 0. The third kappa shape index (κ3) is 3.88. The van der Waals surface area contributed by atoms with Gasteiger partial charge in [-0.1, -0.05) is 13.5 Å². The first-order valence-electron chi connectivity index (χ1n) is 6.26. The molecule has 21 heavy (non-hydrogen) atoms. The Morgan fingerprint density at radius 3 is 2.57 bits per heavy atom. The normalized spacial score (nSPS) is 9.95. The molecule has 0 fully saturated rings. The Bertz CT molecular complexity index is 567. The molecule has 0 aromatic heterocycles. The summed E-state index contributed by atoms with van der Waals surface area (Å²) in [6, 6.07) is 0.975. The van der Waals surface area contributed by atoms with Gasteiger partial charge in [-0.05, 0) is 18.6 Å². The summed E-state index contributed by atoms with van der Waals surface area (Å²) in [4.78, 5) is 23.1. The number of hydrogen-bond donors (Lipinski definition) is 4. The standard InChI is InChI=1S/C14H17NO6/c1-3-5-21-14(20)8-6-10(16)13(19)12(18)9(8)7-15-11(17)4-2/h4,6,16,18-19H,2-3,5,7H2,1H3,(H,15,17). The summed E-state index contributed by atoms with van der Waals surface area (Å²) in [6.07, 6.45) is 1.62. The molecule has 1 amide bonds. The second-order valence-electron chi connectivity index (χ2n) is 4.18. The number of esters is 1. The van der Waals surface area contributed by atoms with Gasteiger partial charge in [-0.25, -0.2) is 4.79 Å². The van der Waals surface area contributed by atoms with Crippen LogP contribution in [0.3, 0.4) is 0 Å². The third-order valence-corrected chi connectivity index (χ3v) is 2.64. The Morgan fingerprint density at radius 2 is 2.00 bits per heavy atom. The molecule has 0 atom stereocenters. The highest BCUT2D eigenvalue weighted by Gasteiger charge is 2.22. The van der Waals surface area contributed by atoms with E-state index >= 15 is 0 Å². The van der Waals surface area contributed by atoms with Crippen molar-refractivity contribution in [3.63, 3.8) is 0 Å². The van der Waals surface area contributed by atoms with Crippen LogP contribution in [0, 0.1) is 0 Å².